The summed E-state index contributed by atoms with van der Waals surface area (Å²) in [4.78, 5) is 25.3. The summed E-state index contributed by atoms with van der Waals surface area (Å²) in [6, 6.07) is 11.0. The average Bonchev–Trinajstić information content (AvgIpc) is 3.25. The van der Waals surface area contributed by atoms with E-state index in [-0.39, 0.29) is 18.3 Å². The van der Waals surface area contributed by atoms with Crippen molar-refractivity contribution in [3.05, 3.63) is 69.9 Å². The molecule has 140 valence electrons. The number of amides is 2. The Labute approximate surface area is 160 Å². The van der Waals surface area contributed by atoms with E-state index in [0.29, 0.717) is 0 Å². The second-order valence-electron chi connectivity index (χ2n) is 6.08. The van der Waals surface area contributed by atoms with Gasteiger partial charge in [0, 0.05) is 22.8 Å². The average molecular weight is 386 g/mol. The summed E-state index contributed by atoms with van der Waals surface area (Å²) in [6.45, 7) is 4.05. The fourth-order valence-corrected chi connectivity index (χ4v) is 3.59. The lowest BCUT2D eigenvalue weighted by atomic mass is 10.2. The molecule has 1 aromatic carbocycles. The summed E-state index contributed by atoms with van der Waals surface area (Å²) in [5, 5.41) is 11.5. The quantitative estimate of drug-likeness (QED) is 0.662. The molecule has 0 fully saturated rings. The van der Waals surface area contributed by atoms with Crippen molar-refractivity contribution in [3.8, 4) is 0 Å². The first kappa shape index (κ1) is 18.8. The third-order valence-corrected chi connectivity index (χ3v) is 4.93. The van der Waals surface area contributed by atoms with Crippen LogP contribution in [0.1, 0.15) is 22.3 Å². The highest BCUT2D eigenvalue weighted by atomic mass is 32.1. The third kappa shape index (κ3) is 4.59. The van der Waals surface area contributed by atoms with E-state index >= 15 is 0 Å². The van der Waals surface area contributed by atoms with E-state index in [2.05, 4.69) is 15.7 Å². The molecule has 0 radical (unpaired) electrons. The van der Waals surface area contributed by atoms with E-state index in [9.17, 15) is 14.0 Å². The van der Waals surface area contributed by atoms with Gasteiger partial charge in [-0.15, -0.1) is 11.3 Å². The molecule has 27 heavy (non-hydrogen) atoms. The maximum atomic E-state index is 13.2. The van der Waals surface area contributed by atoms with Crippen molar-refractivity contribution in [2.75, 3.05) is 11.9 Å². The molecule has 0 aliphatic rings. The number of aromatic nitrogens is 2. The zero-order valence-electron chi connectivity index (χ0n) is 14.9. The van der Waals surface area contributed by atoms with Crippen molar-refractivity contribution in [1.82, 2.24) is 15.1 Å². The minimum absolute atomic E-state index is 0.206. The number of rotatable bonds is 5. The summed E-state index contributed by atoms with van der Waals surface area (Å²) in [7, 11) is 0. The first-order valence-electron chi connectivity index (χ1n) is 8.35. The largest absolute Gasteiger partial charge is 0.345 e. The molecule has 6 nitrogen and oxygen atoms in total. The number of carbonyl (C=O) groups excluding carboxylic acids is 2. The first-order chi connectivity index (χ1) is 12.9. The smallest absolute Gasteiger partial charge is 0.313 e. The summed E-state index contributed by atoms with van der Waals surface area (Å²) in [5.74, 6) is -2.13. The van der Waals surface area contributed by atoms with Crippen LogP contribution in [0.4, 0.5) is 10.1 Å². The summed E-state index contributed by atoms with van der Waals surface area (Å²) < 4.78 is 15.0. The van der Waals surface area contributed by atoms with E-state index < -0.39 is 17.6 Å². The third-order valence-electron chi connectivity index (χ3n) is 3.96. The number of hydrogen-bond acceptors (Lipinski definition) is 4. The number of thiophene rings is 1. The number of nitrogens with zero attached hydrogens (tertiary/aromatic N) is 2. The van der Waals surface area contributed by atoms with Crippen LogP contribution in [0.25, 0.3) is 0 Å². The van der Waals surface area contributed by atoms with E-state index in [1.165, 1.54) is 18.2 Å². The second kappa shape index (κ2) is 8.13. The molecular weight excluding hydrogens is 367 g/mol. The standard InChI is InChI=1S/C19H19FN4O2S/c1-12-9-13(2)24(23-12)16(17-7-4-8-27-17)11-21-18(25)19(26)22-15-6-3-5-14(20)10-15/h3-10,16H,11H2,1-2H3,(H,21,25)(H,22,26). The lowest BCUT2D eigenvalue weighted by Gasteiger charge is -2.18. The van der Waals surface area contributed by atoms with Gasteiger partial charge in [-0.25, -0.2) is 4.39 Å². The van der Waals surface area contributed by atoms with Crippen molar-refractivity contribution in [2.45, 2.75) is 19.9 Å². The Morgan fingerprint density at radius 3 is 2.63 bits per heavy atom. The minimum Gasteiger partial charge on any atom is -0.345 e. The van der Waals surface area contributed by atoms with Gasteiger partial charge in [0.05, 0.1) is 5.69 Å². The number of carbonyl (C=O) groups is 2. The number of aryl methyl sites for hydroxylation is 2. The number of halogens is 1. The van der Waals surface area contributed by atoms with Crippen LogP contribution >= 0.6 is 11.3 Å². The predicted octanol–water partition coefficient (Wildman–Crippen LogP) is 3.04. The van der Waals surface area contributed by atoms with Crippen LogP contribution in [0.3, 0.4) is 0 Å². The van der Waals surface area contributed by atoms with Crippen molar-refractivity contribution in [1.29, 1.82) is 0 Å². The molecular formula is C19H19FN4O2S. The van der Waals surface area contributed by atoms with Gasteiger partial charge >= 0.3 is 11.8 Å². The number of hydrogen-bond donors (Lipinski definition) is 2. The fourth-order valence-electron chi connectivity index (χ4n) is 2.77. The molecule has 0 saturated heterocycles. The lowest BCUT2D eigenvalue weighted by molar-refractivity contribution is -0.136. The van der Waals surface area contributed by atoms with E-state index in [0.717, 1.165) is 22.3 Å². The Morgan fingerprint density at radius 1 is 1.19 bits per heavy atom. The highest BCUT2D eigenvalue weighted by molar-refractivity contribution is 7.10. The van der Waals surface area contributed by atoms with E-state index in [1.54, 1.807) is 11.3 Å². The molecule has 2 aromatic heterocycles. The number of anilines is 1. The van der Waals surface area contributed by atoms with Gasteiger partial charge in [-0.2, -0.15) is 5.10 Å². The van der Waals surface area contributed by atoms with Crippen LogP contribution < -0.4 is 10.6 Å². The molecule has 0 bridgehead atoms. The zero-order chi connectivity index (χ0) is 19.4. The molecule has 0 spiro atoms. The van der Waals surface area contributed by atoms with Gasteiger partial charge in [0.2, 0.25) is 0 Å². The van der Waals surface area contributed by atoms with Gasteiger partial charge in [-0.1, -0.05) is 12.1 Å². The SMILES string of the molecule is Cc1cc(C)n(C(CNC(=O)C(=O)Nc2cccc(F)c2)c2cccs2)n1. The molecule has 0 aliphatic carbocycles. The summed E-state index contributed by atoms with van der Waals surface area (Å²) >= 11 is 1.55. The number of nitrogens with one attached hydrogen (secondary N) is 2. The normalized spacial score (nSPS) is 11.8. The van der Waals surface area contributed by atoms with Gasteiger partial charge in [0.25, 0.3) is 0 Å². The molecule has 3 aromatic rings. The maximum absolute atomic E-state index is 13.2. The van der Waals surface area contributed by atoms with Crippen LogP contribution in [0.15, 0.2) is 47.8 Å². The van der Waals surface area contributed by atoms with Crippen molar-refractivity contribution in [3.63, 3.8) is 0 Å². The molecule has 1 unspecified atom stereocenters. The molecule has 2 N–H and O–H groups in total. The van der Waals surface area contributed by atoms with Crippen molar-refractivity contribution in [2.24, 2.45) is 0 Å². The lowest BCUT2D eigenvalue weighted by Crippen LogP contribution is -2.39. The molecule has 2 amide bonds. The highest BCUT2D eigenvalue weighted by Gasteiger charge is 2.21. The van der Waals surface area contributed by atoms with Crippen LogP contribution in [0, 0.1) is 19.7 Å². The maximum Gasteiger partial charge on any atom is 0.313 e. The second-order valence-corrected chi connectivity index (χ2v) is 7.06. The van der Waals surface area contributed by atoms with Gasteiger partial charge in [-0.05, 0) is 49.6 Å². The van der Waals surface area contributed by atoms with E-state index in [1.807, 2.05) is 42.1 Å². The Balaban J connectivity index is 1.69. The number of benzene rings is 1. The van der Waals surface area contributed by atoms with Crippen LogP contribution in [-0.4, -0.2) is 28.1 Å². The first-order valence-corrected chi connectivity index (χ1v) is 9.23. The van der Waals surface area contributed by atoms with E-state index in [4.69, 9.17) is 0 Å². The Morgan fingerprint density at radius 2 is 2.00 bits per heavy atom. The van der Waals surface area contributed by atoms with Gasteiger partial charge in [0.1, 0.15) is 11.9 Å². The van der Waals surface area contributed by atoms with Crippen LogP contribution in [-0.2, 0) is 9.59 Å². The topological polar surface area (TPSA) is 76.0 Å². The minimum atomic E-state index is -0.848. The zero-order valence-corrected chi connectivity index (χ0v) is 15.7. The van der Waals surface area contributed by atoms with Crippen molar-refractivity contribution >= 4 is 28.8 Å². The molecule has 1 atom stereocenters. The highest BCUT2D eigenvalue weighted by Crippen LogP contribution is 2.24. The Bertz CT molecular complexity index is 953. The Hall–Kier alpha value is -3.00. The summed E-state index contributed by atoms with van der Waals surface area (Å²) in [5.41, 5.74) is 2.07. The molecule has 3 rings (SSSR count). The van der Waals surface area contributed by atoms with Crippen LogP contribution in [0.5, 0.6) is 0 Å². The monoisotopic (exact) mass is 386 g/mol. The van der Waals surface area contributed by atoms with Gasteiger partial charge in [0.15, 0.2) is 0 Å². The predicted molar refractivity (Wildman–Crippen MR) is 102 cm³/mol. The Kier molecular flexibility index (Phi) is 5.66. The molecule has 0 aliphatic heterocycles. The van der Waals surface area contributed by atoms with Gasteiger partial charge in [-0.3, -0.25) is 14.3 Å². The fraction of sp³-hybridized carbons (Fsp3) is 0.211. The molecule has 2 heterocycles. The van der Waals surface area contributed by atoms with Crippen LogP contribution in [0.2, 0.25) is 0 Å². The summed E-state index contributed by atoms with van der Waals surface area (Å²) in [6.07, 6.45) is 0. The molecule has 0 saturated carbocycles. The molecule has 8 heteroatoms. The van der Waals surface area contributed by atoms with Crippen molar-refractivity contribution < 1.29 is 14.0 Å². The van der Waals surface area contributed by atoms with Gasteiger partial charge < -0.3 is 10.6 Å².